The molecule has 3 fully saturated rings. The first-order chi connectivity index (χ1) is 11.9. The highest BCUT2D eigenvalue weighted by Crippen LogP contribution is 2.52. The molecule has 0 aliphatic heterocycles. The van der Waals surface area contributed by atoms with Crippen molar-refractivity contribution in [3.63, 3.8) is 0 Å². The molecule has 6 heteroatoms. The van der Waals surface area contributed by atoms with Gasteiger partial charge in [-0.25, -0.2) is 4.98 Å². The predicted octanol–water partition coefficient (Wildman–Crippen LogP) is 3.09. The number of aromatic nitrogens is 1. The Balaban J connectivity index is 1.40. The summed E-state index contributed by atoms with van der Waals surface area (Å²) in [6.45, 7) is 1.85. The van der Waals surface area contributed by atoms with Crippen molar-refractivity contribution in [1.29, 1.82) is 0 Å². The van der Waals surface area contributed by atoms with Gasteiger partial charge in [0.05, 0.1) is 11.1 Å². The van der Waals surface area contributed by atoms with Crippen LogP contribution in [0.1, 0.15) is 81.1 Å². The van der Waals surface area contributed by atoms with Crippen LogP contribution < -0.4 is 5.32 Å². The molecule has 136 valence electrons. The number of nitrogens with zero attached hydrogens (tertiary/aromatic N) is 1. The van der Waals surface area contributed by atoms with Crippen molar-refractivity contribution < 1.29 is 19.1 Å². The van der Waals surface area contributed by atoms with E-state index in [0.29, 0.717) is 31.6 Å². The molecule has 1 heterocycles. The highest BCUT2D eigenvalue weighted by atomic mass is 16.4. The lowest BCUT2D eigenvalue weighted by molar-refractivity contribution is -0.157. The minimum absolute atomic E-state index is 0.0724. The number of nitrogens with one attached hydrogen (secondary N) is 1. The van der Waals surface area contributed by atoms with Crippen molar-refractivity contribution in [2.45, 2.75) is 82.6 Å². The van der Waals surface area contributed by atoms with Crippen molar-refractivity contribution in [3.8, 4) is 0 Å². The molecule has 4 aliphatic rings. The molecule has 1 amide bonds. The second-order valence-electron chi connectivity index (χ2n) is 8.25. The van der Waals surface area contributed by atoms with Gasteiger partial charge < -0.3 is 14.8 Å². The van der Waals surface area contributed by atoms with Gasteiger partial charge in [0, 0.05) is 31.2 Å². The molecule has 1 atom stereocenters. The van der Waals surface area contributed by atoms with Gasteiger partial charge >= 0.3 is 5.97 Å². The summed E-state index contributed by atoms with van der Waals surface area (Å²) >= 11 is 0. The van der Waals surface area contributed by atoms with Gasteiger partial charge in [0.15, 0.2) is 5.89 Å². The highest BCUT2D eigenvalue weighted by Gasteiger charge is 2.53. The molecule has 1 aromatic rings. The third kappa shape index (κ3) is 2.85. The number of hydrogen-bond donors (Lipinski definition) is 2. The first-order valence-electron chi connectivity index (χ1n) is 9.42. The molecule has 25 heavy (non-hydrogen) atoms. The summed E-state index contributed by atoms with van der Waals surface area (Å²) in [6, 6.07) is 0. The Hall–Kier alpha value is -1.85. The fourth-order valence-electron chi connectivity index (χ4n) is 5.09. The number of oxazole rings is 1. The van der Waals surface area contributed by atoms with Gasteiger partial charge in [-0.3, -0.25) is 9.59 Å². The summed E-state index contributed by atoms with van der Waals surface area (Å²) in [5.41, 5.74) is 0.239. The monoisotopic (exact) mass is 346 g/mol. The average Bonchev–Trinajstić information content (AvgIpc) is 2.97. The van der Waals surface area contributed by atoms with Gasteiger partial charge in [-0.15, -0.1) is 0 Å². The number of aryl methyl sites for hydroxylation is 2. The number of carbonyl (C=O) groups is 2. The van der Waals surface area contributed by atoms with Crippen molar-refractivity contribution in [3.05, 3.63) is 17.3 Å². The molecule has 2 bridgehead atoms. The minimum atomic E-state index is -0.664. The predicted molar refractivity (Wildman–Crippen MR) is 90.2 cm³/mol. The van der Waals surface area contributed by atoms with Crippen molar-refractivity contribution in [1.82, 2.24) is 10.3 Å². The smallest absolute Gasteiger partial charge is 0.309 e. The second kappa shape index (κ2) is 5.85. The van der Waals surface area contributed by atoms with Gasteiger partial charge in [-0.2, -0.15) is 0 Å². The van der Waals surface area contributed by atoms with Crippen LogP contribution in [0, 0.1) is 12.3 Å². The third-order valence-corrected chi connectivity index (χ3v) is 6.71. The van der Waals surface area contributed by atoms with E-state index >= 15 is 0 Å². The van der Waals surface area contributed by atoms with E-state index < -0.39 is 11.4 Å². The van der Waals surface area contributed by atoms with Crippen molar-refractivity contribution >= 4 is 11.9 Å². The Bertz CT molecular complexity index is 684. The molecule has 4 aliphatic carbocycles. The first kappa shape index (κ1) is 16.6. The zero-order valence-corrected chi connectivity index (χ0v) is 14.8. The molecular formula is C19H26N2O4. The van der Waals surface area contributed by atoms with E-state index in [1.165, 1.54) is 0 Å². The zero-order valence-electron chi connectivity index (χ0n) is 14.8. The maximum atomic E-state index is 12.7. The number of aliphatic carboxylic acids is 1. The van der Waals surface area contributed by atoms with Gasteiger partial charge in [0.25, 0.3) is 0 Å². The highest BCUT2D eigenvalue weighted by molar-refractivity contribution is 5.79. The van der Waals surface area contributed by atoms with Crippen LogP contribution >= 0.6 is 0 Å². The fraction of sp³-hybridized carbons (Fsp3) is 0.737. The number of hydrogen-bond acceptors (Lipinski definition) is 4. The molecule has 6 nitrogen and oxygen atoms in total. The molecule has 0 aromatic carbocycles. The van der Waals surface area contributed by atoms with Crippen LogP contribution in [0.4, 0.5) is 0 Å². The standard InChI is InChI=1S/C19H26N2O4/c1-12-20-16-13(3-2-4-14(16)25-12)11-15(22)21-19-8-5-18(6-9-19,7-10-19)17(23)24/h13H,2-11H2,1H3,(H,21,22)(H,23,24). The van der Waals surface area contributed by atoms with Crippen LogP contribution in [0.2, 0.25) is 0 Å². The summed E-state index contributed by atoms with van der Waals surface area (Å²) in [5.74, 6) is 1.18. The number of fused-ring (bicyclic) bond motifs is 4. The lowest BCUT2D eigenvalue weighted by Gasteiger charge is -2.51. The number of carboxylic acids is 1. The summed E-state index contributed by atoms with van der Waals surface area (Å²) in [7, 11) is 0. The van der Waals surface area contributed by atoms with E-state index in [9.17, 15) is 14.7 Å². The third-order valence-electron chi connectivity index (χ3n) is 6.71. The maximum Gasteiger partial charge on any atom is 0.309 e. The molecule has 5 rings (SSSR count). The average molecular weight is 346 g/mol. The molecule has 1 unspecified atom stereocenters. The van der Waals surface area contributed by atoms with E-state index in [2.05, 4.69) is 10.3 Å². The lowest BCUT2D eigenvalue weighted by atomic mass is 9.57. The Morgan fingerprint density at radius 1 is 1.24 bits per heavy atom. The molecular weight excluding hydrogens is 320 g/mol. The number of amides is 1. The van der Waals surface area contributed by atoms with Gasteiger partial charge in [-0.05, 0) is 51.4 Å². The van der Waals surface area contributed by atoms with E-state index in [4.69, 9.17) is 4.42 Å². The largest absolute Gasteiger partial charge is 0.481 e. The molecule has 2 N–H and O–H groups in total. The van der Waals surface area contributed by atoms with Gasteiger partial charge in [-0.1, -0.05) is 0 Å². The van der Waals surface area contributed by atoms with Crippen LogP contribution in [-0.2, 0) is 16.0 Å². The Kier molecular flexibility index (Phi) is 3.89. The van der Waals surface area contributed by atoms with Gasteiger partial charge in [0.2, 0.25) is 5.91 Å². The van der Waals surface area contributed by atoms with Gasteiger partial charge in [0.1, 0.15) is 5.76 Å². The first-order valence-corrected chi connectivity index (χ1v) is 9.42. The fourth-order valence-corrected chi connectivity index (χ4v) is 5.09. The molecule has 0 spiro atoms. The maximum absolute atomic E-state index is 12.7. The van der Waals surface area contributed by atoms with E-state index in [1.54, 1.807) is 0 Å². The van der Waals surface area contributed by atoms with Crippen molar-refractivity contribution in [2.75, 3.05) is 0 Å². The number of carbonyl (C=O) groups excluding carboxylic acids is 1. The Labute approximate surface area is 147 Å². The summed E-state index contributed by atoms with van der Waals surface area (Å²) in [5, 5.41) is 12.8. The Morgan fingerprint density at radius 2 is 1.92 bits per heavy atom. The summed E-state index contributed by atoms with van der Waals surface area (Å²) in [6.07, 6.45) is 7.75. The number of rotatable bonds is 4. The summed E-state index contributed by atoms with van der Waals surface area (Å²) in [4.78, 5) is 28.7. The quantitative estimate of drug-likeness (QED) is 0.874. The van der Waals surface area contributed by atoms with Crippen molar-refractivity contribution in [2.24, 2.45) is 5.41 Å². The second-order valence-corrected chi connectivity index (χ2v) is 8.25. The molecule has 0 radical (unpaired) electrons. The van der Waals surface area contributed by atoms with Crippen LogP contribution in [0.15, 0.2) is 4.42 Å². The lowest BCUT2D eigenvalue weighted by Crippen LogP contribution is -2.58. The molecule has 0 saturated heterocycles. The van der Waals surface area contributed by atoms with E-state index in [-0.39, 0.29) is 17.4 Å². The van der Waals surface area contributed by atoms with Crippen LogP contribution in [0.3, 0.4) is 0 Å². The Morgan fingerprint density at radius 3 is 2.56 bits per heavy atom. The molecule has 1 aromatic heterocycles. The van der Waals surface area contributed by atoms with E-state index in [1.807, 2.05) is 6.92 Å². The summed E-state index contributed by atoms with van der Waals surface area (Å²) < 4.78 is 5.65. The number of carboxylic acid groups (broad SMARTS) is 1. The minimum Gasteiger partial charge on any atom is -0.481 e. The zero-order chi connectivity index (χ0) is 17.7. The van der Waals surface area contributed by atoms with Crippen LogP contribution in [-0.4, -0.2) is 27.5 Å². The molecule has 3 saturated carbocycles. The topological polar surface area (TPSA) is 92.4 Å². The van der Waals surface area contributed by atoms with Crippen LogP contribution in [0.5, 0.6) is 0 Å². The van der Waals surface area contributed by atoms with E-state index in [0.717, 1.165) is 50.0 Å². The van der Waals surface area contributed by atoms with Crippen LogP contribution in [0.25, 0.3) is 0 Å². The SMILES string of the molecule is Cc1nc2c(o1)CCCC2CC(=O)NC12CCC(C(=O)O)(CC1)CC2. The normalized spacial score (nSPS) is 33.7.